The van der Waals surface area contributed by atoms with Crippen molar-refractivity contribution >= 4 is 44.4 Å². The highest BCUT2D eigenvalue weighted by Gasteiger charge is 2.22. The van der Waals surface area contributed by atoms with Crippen LogP contribution < -0.4 is 14.9 Å². The smallest absolute Gasteiger partial charge is 0.295 e. The number of sulfonamides is 1. The lowest BCUT2D eigenvalue weighted by Gasteiger charge is -2.10. The van der Waals surface area contributed by atoms with Crippen molar-refractivity contribution in [2.75, 3.05) is 17.3 Å². The van der Waals surface area contributed by atoms with Crippen LogP contribution in [0.5, 0.6) is 5.75 Å². The summed E-state index contributed by atoms with van der Waals surface area (Å²) in [5.74, 6) is 0.597. The lowest BCUT2D eigenvalue weighted by atomic mass is 10.1. The van der Waals surface area contributed by atoms with Crippen molar-refractivity contribution in [3.8, 4) is 5.75 Å². The number of nitrogens with one attached hydrogen (secondary N) is 2. The van der Waals surface area contributed by atoms with Crippen LogP contribution in [0.4, 0.5) is 17.1 Å². The lowest BCUT2D eigenvalue weighted by molar-refractivity contribution is -0.384. The summed E-state index contributed by atoms with van der Waals surface area (Å²) in [6.07, 6.45) is 0. The summed E-state index contributed by atoms with van der Waals surface area (Å²) in [7, 11) is -2.53. The molecular formula is C21H19ClN4O5S. The lowest BCUT2D eigenvalue weighted by Crippen LogP contribution is -2.13. The third-order valence-corrected chi connectivity index (χ3v) is 6.04. The normalized spacial score (nSPS) is 11.7. The van der Waals surface area contributed by atoms with Gasteiger partial charge in [-0.1, -0.05) is 23.7 Å². The van der Waals surface area contributed by atoms with Crippen molar-refractivity contribution in [1.82, 2.24) is 0 Å². The maximum Gasteiger partial charge on any atom is 0.295 e. The van der Waals surface area contributed by atoms with Gasteiger partial charge in [-0.3, -0.25) is 20.3 Å². The van der Waals surface area contributed by atoms with Gasteiger partial charge in [0.05, 0.1) is 22.6 Å². The Bertz CT molecular complexity index is 1280. The maximum atomic E-state index is 12.7. The highest BCUT2D eigenvalue weighted by molar-refractivity contribution is 7.92. The molecule has 11 heteroatoms. The fraction of sp³-hybridized carbons (Fsp3) is 0.0952. The molecule has 3 aromatic carbocycles. The van der Waals surface area contributed by atoms with Crippen LogP contribution in [0.2, 0.25) is 5.02 Å². The fourth-order valence-corrected chi connectivity index (χ4v) is 4.01. The average Bonchev–Trinajstić information content (AvgIpc) is 2.78. The largest absolute Gasteiger partial charge is 0.496 e. The van der Waals surface area contributed by atoms with Crippen molar-refractivity contribution in [2.24, 2.45) is 5.10 Å². The molecule has 0 unspecified atom stereocenters. The van der Waals surface area contributed by atoms with Gasteiger partial charge in [0.1, 0.15) is 11.4 Å². The second kappa shape index (κ2) is 9.67. The molecule has 0 aliphatic carbocycles. The number of hydrogen-bond donors (Lipinski definition) is 2. The molecule has 0 spiro atoms. The highest BCUT2D eigenvalue weighted by atomic mass is 35.5. The zero-order chi connectivity index (χ0) is 23.3. The van der Waals surface area contributed by atoms with E-state index in [1.165, 1.54) is 43.5 Å². The number of methoxy groups -OCH3 is 1. The predicted octanol–water partition coefficient (Wildman–Crippen LogP) is 4.89. The molecule has 0 saturated carbocycles. The van der Waals surface area contributed by atoms with E-state index >= 15 is 0 Å². The first-order chi connectivity index (χ1) is 15.2. The molecule has 0 saturated heterocycles. The third-order valence-electron chi connectivity index (χ3n) is 4.41. The Kier molecular flexibility index (Phi) is 6.96. The minimum Gasteiger partial charge on any atom is -0.496 e. The first-order valence-electron chi connectivity index (χ1n) is 9.22. The van der Waals surface area contributed by atoms with Crippen LogP contribution in [0, 0.1) is 10.1 Å². The van der Waals surface area contributed by atoms with Gasteiger partial charge in [-0.25, -0.2) is 8.42 Å². The van der Waals surface area contributed by atoms with Gasteiger partial charge < -0.3 is 4.74 Å². The number of nitro benzene ring substituents is 1. The number of ether oxygens (including phenoxy) is 1. The molecule has 0 amide bonds. The number of nitro groups is 1. The summed E-state index contributed by atoms with van der Waals surface area (Å²) in [5, 5.41) is 16.2. The van der Waals surface area contributed by atoms with Gasteiger partial charge in [-0.2, -0.15) is 5.10 Å². The number of benzene rings is 3. The standard InChI is InChI=1S/C21H19ClN4O5S/c1-14(18-5-3-4-6-21(18)31-2)23-24-19-12-11-17(13-20(19)26(27)28)32(29,30)25-16-9-7-15(22)8-10-16/h3-13,24-25H,1-2H3/b23-14+. The van der Waals surface area contributed by atoms with Crippen molar-refractivity contribution in [2.45, 2.75) is 11.8 Å². The van der Waals surface area contributed by atoms with Crippen molar-refractivity contribution in [3.63, 3.8) is 0 Å². The predicted molar refractivity (Wildman–Crippen MR) is 124 cm³/mol. The average molecular weight is 475 g/mol. The molecule has 0 atom stereocenters. The van der Waals surface area contributed by atoms with E-state index < -0.39 is 20.6 Å². The number of para-hydroxylation sites is 1. The van der Waals surface area contributed by atoms with Crippen molar-refractivity contribution in [1.29, 1.82) is 0 Å². The molecule has 0 heterocycles. The van der Waals surface area contributed by atoms with Crippen LogP contribution in [0.3, 0.4) is 0 Å². The molecule has 0 fully saturated rings. The van der Waals surface area contributed by atoms with Crippen molar-refractivity contribution < 1.29 is 18.1 Å². The molecule has 166 valence electrons. The Hall–Kier alpha value is -3.63. The van der Waals surface area contributed by atoms with E-state index in [1.807, 2.05) is 12.1 Å². The van der Waals surface area contributed by atoms with Gasteiger partial charge in [0.2, 0.25) is 0 Å². The van der Waals surface area contributed by atoms with Gasteiger partial charge in [-0.15, -0.1) is 0 Å². The quantitative estimate of drug-likeness (QED) is 0.272. The Labute approximate surface area is 189 Å². The SMILES string of the molecule is COc1ccccc1/C(C)=N/Nc1ccc(S(=O)(=O)Nc2ccc(Cl)cc2)cc1[N+](=O)[O-]. The Morgan fingerprint density at radius 1 is 1.09 bits per heavy atom. The highest BCUT2D eigenvalue weighted by Crippen LogP contribution is 2.29. The van der Waals surface area contributed by atoms with E-state index in [-0.39, 0.29) is 16.3 Å². The molecule has 0 bridgehead atoms. The minimum atomic E-state index is -4.06. The molecule has 0 aliphatic rings. The van der Waals surface area contributed by atoms with Crippen LogP contribution in [0.25, 0.3) is 0 Å². The topological polar surface area (TPSA) is 123 Å². The van der Waals surface area contributed by atoms with Gasteiger partial charge in [-0.05, 0) is 55.5 Å². The first-order valence-corrected chi connectivity index (χ1v) is 11.1. The number of rotatable bonds is 8. The first kappa shape index (κ1) is 23.0. The summed E-state index contributed by atoms with van der Waals surface area (Å²) < 4.78 is 33.0. The van der Waals surface area contributed by atoms with Gasteiger partial charge >= 0.3 is 0 Å². The summed E-state index contributed by atoms with van der Waals surface area (Å²) in [4.78, 5) is 10.6. The van der Waals surface area contributed by atoms with Crippen LogP contribution in [-0.4, -0.2) is 26.2 Å². The molecular weight excluding hydrogens is 456 g/mol. The van der Waals surface area contributed by atoms with Crippen molar-refractivity contribution in [3.05, 3.63) is 87.4 Å². The van der Waals surface area contributed by atoms with E-state index in [9.17, 15) is 18.5 Å². The zero-order valence-corrected chi connectivity index (χ0v) is 18.6. The number of hydrogen-bond acceptors (Lipinski definition) is 7. The number of hydrazone groups is 1. The van der Waals surface area contributed by atoms with Gasteiger partial charge in [0, 0.05) is 22.3 Å². The maximum absolute atomic E-state index is 12.7. The van der Waals surface area contributed by atoms with E-state index in [0.717, 1.165) is 6.07 Å². The second-order valence-corrected chi connectivity index (χ2v) is 8.68. The van der Waals surface area contributed by atoms with Gasteiger partial charge in [0.25, 0.3) is 15.7 Å². The Morgan fingerprint density at radius 3 is 2.44 bits per heavy atom. The zero-order valence-electron chi connectivity index (χ0n) is 17.1. The molecule has 3 aromatic rings. The summed E-state index contributed by atoms with van der Waals surface area (Å²) >= 11 is 5.80. The van der Waals surface area contributed by atoms with Crippen LogP contribution in [0.1, 0.15) is 12.5 Å². The monoisotopic (exact) mass is 474 g/mol. The molecule has 3 rings (SSSR count). The van der Waals surface area contributed by atoms with Crippen LogP contribution >= 0.6 is 11.6 Å². The second-order valence-electron chi connectivity index (χ2n) is 6.56. The minimum absolute atomic E-state index is 0.0368. The molecule has 0 radical (unpaired) electrons. The third kappa shape index (κ3) is 5.34. The van der Waals surface area contributed by atoms with E-state index in [1.54, 1.807) is 19.1 Å². The summed E-state index contributed by atoms with van der Waals surface area (Å²) in [5.41, 5.74) is 3.74. The van der Waals surface area contributed by atoms with Gasteiger partial charge in [0.15, 0.2) is 0 Å². The Balaban J connectivity index is 1.89. The number of anilines is 2. The van der Waals surface area contributed by atoms with E-state index in [4.69, 9.17) is 16.3 Å². The molecule has 0 aliphatic heterocycles. The molecule has 0 aromatic heterocycles. The summed E-state index contributed by atoms with van der Waals surface area (Å²) in [6, 6.07) is 16.7. The Morgan fingerprint density at radius 2 is 1.78 bits per heavy atom. The molecule has 32 heavy (non-hydrogen) atoms. The molecule has 9 nitrogen and oxygen atoms in total. The van der Waals surface area contributed by atoms with Crippen LogP contribution in [0.15, 0.2) is 76.7 Å². The molecule has 2 N–H and O–H groups in total. The number of halogens is 1. The van der Waals surface area contributed by atoms with E-state index in [2.05, 4.69) is 15.2 Å². The summed E-state index contributed by atoms with van der Waals surface area (Å²) in [6.45, 7) is 1.71. The fourth-order valence-electron chi connectivity index (χ4n) is 2.80. The van der Waals surface area contributed by atoms with Crippen LogP contribution in [-0.2, 0) is 10.0 Å². The van der Waals surface area contributed by atoms with E-state index in [0.29, 0.717) is 22.0 Å². The number of nitrogens with zero attached hydrogens (tertiary/aromatic N) is 2.